The van der Waals surface area contributed by atoms with Crippen LogP contribution in [0.4, 0.5) is 0 Å². The Hall–Kier alpha value is -1.10. The molecule has 2 atom stereocenters. The molecule has 0 aliphatic carbocycles. The standard InChI is InChI=1S/C13H20N4O4S2/c1-10-14-5-11(6-15-10)7-16-3-4-17(22(2,18)19)13-9-23(20,21)8-12(13)16/h5-6,12-13H,3-4,7-9H2,1-2H3/t12-,13+/m0/s1. The van der Waals surface area contributed by atoms with E-state index in [1.54, 1.807) is 19.3 Å². The molecule has 0 aromatic carbocycles. The van der Waals surface area contributed by atoms with Crippen LogP contribution in [0.5, 0.6) is 0 Å². The monoisotopic (exact) mass is 360 g/mol. The zero-order valence-corrected chi connectivity index (χ0v) is 14.7. The molecule has 1 aromatic rings. The highest BCUT2D eigenvalue weighted by Crippen LogP contribution is 2.29. The third kappa shape index (κ3) is 3.54. The van der Waals surface area contributed by atoms with Crippen molar-refractivity contribution in [3.05, 3.63) is 23.8 Å². The lowest BCUT2D eigenvalue weighted by molar-refractivity contribution is 0.0893. The third-order valence-corrected chi connectivity index (χ3v) is 7.39. The molecule has 2 saturated heterocycles. The number of hydrogen-bond donors (Lipinski definition) is 0. The summed E-state index contributed by atoms with van der Waals surface area (Å²) in [4.78, 5) is 10.3. The number of aromatic nitrogens is 2. The van der Waals surface area contributed by atoms with Crippen molar-refractivity contribution >= 4 is 19.9 Å². The first-order valence-electron chi connectivity index (χ1n) is 7.34. The molecule has 3 heterocycles. The summed E-state index contributed by atoms with van der Waals surface area (Å²) < 4.78 is 49.3. The summed E-state index contributed by atoms with van der Waals surface area (Å²) in [5.41, 5.74) is 0.895. The zero-order chi connectivity index (χ0) is 16.8. The van der Waals surface area contributed by atoms with Crippen LogP contribution in [0.2, 0.25) is 0 Å². The van der Waals surface area contributed by atoms with Crippen molar-refractivity contribution in [2.24, 2.45) is 0 Å². The van der Waals surface area contributed by atoms with Crippen molar-refractivity contribution in [2.45, 2.75) is 25.6 Å². The minimum Gasteiger partial charge on any atom is -0.292 e. The van der Waals surface area contributed by atoms with E-state index in [-0.39, 0.29) is 17.5 Å². The van der Waals surface area contributed by atoms with Gasteiger partial charge >= 0.3 is 0 Å². The number of sulfone groups is 1. The van der Waals surface area contributed by atoms with Crippen LogP contribution in [-0.4, -0.2) is 78.9 Å². The van der Waals surface area contributed by atoms with E-state index in [1.165, 1.54) is 4.31 Å². The maximum absolute atomic E-state index is 12.0. The van der Waals surface area contributed by atoms with E-state index in [0.717, 1.165) is 11.8 Å². The van der Waals surface area contributed by atoms with Crippen LogP contribution >= 0.6 is 0 Å². The second kappa shape index (κ2) is 5.76. The van der Waals surface area contributed by atoms with Crippen LogP contribution in [0.15, 0.2) is 12.4 Å². The largest absolute Gasteiger partial charge is 0.292 e. The number of fused-ring (bicyclic) bond motifs is 1. The third-order valence-electron chi connectivity index (χ3n) is 4.39. The summed E-state index contributed by atoms with van der Waals surface area (Å²) in [6.45, 7) is 3.13. The summed E-state index contributed by atoms with van der Waals surface area (Å²) in [5.74, 6) is 0.569. The van der Waals surface area contributed by atoms with Gasteiger partial charge in [0.2, 0.25) is 10.0 Å². The Bertz CT molecular complexity index is 792. The Morgan fingerprint density at radius 2 is 1.78 bits per heavy atom. The van der Waals surface area contributed by atoms with E-state index in [9.17, 15) is 16.8 Å². The first-order chi connectivity index (χ1) is 10.7. The molecule has 0 saturated carbocycles. The fourth-order valence-electron chi connectivity index (χ4n) is 3.34. The molecule has 128 valence electrons. The first-order valence-corrected chi connectivity index (χ1v) is 11.0. The van der Waals surface area contributed by atoms with E-state index in [4.69, 9.17) is 0 Å². The molecule has 0 unspecified atom stereocenters. The van der Waals surface area contributed by atoms with E-state index in [2.05, 4.69) is 9.97 Å². The van der Waals surface area contributed by atoms with Gasteiger partial charge in [-0.25, -0.2) is 26.8 Å². The predicted octanol–water partition coefficient (Wildman–Crippen LogP) is -0.972. The van der Waals surface area contributed by atoms with Gasteiger partial charge in [-0.3, -0.25) is 4.90 Å². The summed E-state index contributed by atoms with van der Waals surface area (Å²) in [5, 5.41) is 0. The van der Waals surface area contributed by atoms with Crippen LogP contribution in [0.1, 0.15) is 11.4 Å². The van der Waals surface area contributed by atoms with E-state index >= 15 is 0 Å². The maximum Gasteiger partial charge on any atom is 0.211 e. The highest BCUT2D eigenvalue weighted by Gasteiger charge is 2.49. The SMILES string of the molecule is Cc1ncc(CN2CCN(S(C)(=O)=O)[C@@H]3CS(=O)(=O)C[C@@H]32)cn1. The summed E-state index contributed by atoms with van der Waals surface area (Å²) in [7, 11) is -6.65. The van der Waals surface area contributed by atoms with Gasteiger partial charge in [-0.2, -0.15) is 4.31 Å². The van der Waals surface area contributed by atoms with Gasteiger partial charge < -0.3 is 0 Å². The Balaban J connectivity index is 1.85. The van der Waals surface area contributed by atoms with Gasteiger partial charge in [-0.1, -0.05) is 0 Å². The van der Waals surface area contributed by atoms with Gasteiger partial charge in [0, 0.05) is 43.6 Å². The molecular formula is C13H20N4O4S2. The van der Waals surface area contributed by atoms with Gasteiger partial charge in [0.25, 0.3) is 0 Å². The number of sulfonamides is 1. The van der Waals surface area contributed by atoms with E-state index in [0.29, 0.717) is 25.5 Å². The molecule has 1 aromatic heterocycles. The summed E-state index contributed by atoms with van der Waals surface area (Å²) in [6, 6.07) is -0.820. The van der Waals surface area contributed by atoms with E-state index < -0.39 is 25.9 Å². The van der Waals surface area contributed by atoms with Gasteiger partial charge in [-0.15, -0.1) is 0 Å². The van der Waals surface area contributed by atoms with Crippen molar-refractivity contribution in [1.82, 2.24) is 19.2 Å². The normalized spacial score (nSPS) is 28.6. The number of aryl methyl sites for hydroxylation is 1. The first kappa shape index (κ1) is 16.7. The summed E-state index contributed by atoms with van der Waals surface area (Å²) in [6.07, 6.45) is 4.59. The second-order valence-electron chi connectivity index (χ2n) is 6.19. The molecule has 0 bridgehead atoms. The molecule has 8 nitrogen and oxygen atoms in total. The van der Waals surface area contributed by atoms with Crippen LogP contribution in [0.25, 0.3) is 0 Å². The van der Waals surface area contributed by atoms with Gasteiger partial charge in [0.15, 0.2) is 9.84 Å². The highest BCUT2D eigenvalue weighted by atomic mass is 32.2. The Labute approximate surface area is 136 Å². The van der Waals surface area contributed by atoms with Crippen molar-refractivity contribution in [2.75, 3.05) is 30.9 Å². The molecule has 3 rings (SSSR count). The second-order valence-corrected chi connectivity index (χ2v) is 10.3. The molecular weight excluding hydrogens is 340 g/mol. The van der Waals surface area contributed by atoms with E-state index in [1.807, 2.05) is 4.90 Å². The van der Waals surface area contributed by atoms with Crippen molar-refractivity contribution in [3.8, 4) is 0 Å². The van der Waals surface area contributed by atoms with Crippen molar-refractivity contribution in [3.63, 3.8) is 0 Å². The molecule has 2 aliphatic rings. The molecule has 2 fully saturated rings. The fourth-order valence-corrected chi connectivity index (χ4v) is 6.56. The lowest BCUT2D eigenvalue weighted by Gasteiger charge is -2.42. The van der Waals surface area contributed by atoms with Gasteiger partial charge in [0.05, 0.1) is 23.8 Å². The number of rotatable bonds is 3. The molecule has 0 amide bonds. The Morgan fingerprint density at radius 3 is 2.39 bits per heavy atom. The quantitative estimate of drug-likeness (QED) is 0.683. The van der Waals surface area contributed by atoms with Crippen LogP contribution in [0.3, 0.4) is 0 Å². The van der Waals surface area contributed by atoms with Crippen molar-refractivity contribution < 1.29 is 16.8 Å². The van der Waals surface area contributed by atoms with Crippen LogP contribution in [0, 0.1) is 6.92 Å². The molecule has 2 aliphatic heterocycles. The lowest BCUT2D eigenvalue weighted by Crippen LogP contribution is -2.59. The Kier molecular flexibility index (Phi) is 4.20. The molecule has 0 radical (unpaired) electrons. The van der Waals surface area contributed by atoms with Crippen LogP contribution in [-0.2, 0) is 26.4 Å². The molecule has 0 spiro atoms. The maximum atomic E-state index is 12.0. The van der Waals surface area contributed by atoms with Crippen LogP contribution < -0.4 is 0 Å². The Morgan fingerprint density at radius 1 is 1.17 bits per heavy atom. The smallest absolute Gasteiger partial charge is 0.211 e. The fraction of sp³-hybridized carbons (Fsp3) is 0.692. The number of hydrogen-bond acceptors (Lipinski definition) is 7. The minimum atomic E-state index is -3.41. The number of piperazine rings is 1. The molecule has 23 heavy (non-hydrogen) atoms. The zero-order valence-electron chi connectivity index (χ0n) is 13.1. The van der Waals surface area contributed by atoms with Gasteiger partial charge in [0.1, 0.15) is 5.82 Å². The molecule has 0 N–H and O–H groups in total. The average Bonchev–Trinajstić information content (AvgIpc) is 2.75. The molecule has 10 heteroatoms. The minimum absolute atomic E-state index is 0.00357. The number of nitrogens with zero attached hydrogens (tertiary/aromatic N) is 4. The summed E-state index contributed by atoms with van der Waals surface area (Å²) >= 11 is 0. The van der Waals surface area contributed by atoms with Crippen molar-refractivity contribution in [1.29, 1.82) is 0 Å². The average molecular weight is 360 g/mol. The predicted molar refractivity (Wildman–Crippen MR) is 85.0 cm³/mol. The lowest BCUT2D eigenvalue weighted by atomic mass is 10.1. The highest BCUT2D eigenvalue weighted by molar-refractivity contribution is 7.92. The topological polar surface area (TPSA) is 101 Å². The van der Waals surface area contributed by atoms with Gasteiger partial charge in [-0.05, 0) is 6.92 Å².